The molecule has 0 N–H and O–H groups in total. The number of rotatable bonds is 6. The lowest BCUT2D eigenvalue weighted by Crippen LogP contribution is -2.70. The summed E-state index contributed by atoms with van der Waals surface area (Å²) in [5.74, 6) is -36.3. The van der Waals surface area contributed by atoms with Crippen LogP contribution in [0.5, 0.6) is 0 Å². The summed E-state index contributed by atoms with van der Waals surface area (Å²) in [4.78, 5) is 0. The minimum Gasteiger partial charge on any atom is -0.200 e. The van der Waals surface area contributed by atoms with E-state index < -0.39 is 46.1 Å². The highest BCUT2D eigenvalue weighted by Crippen LogP contribution is 2.60. The van der Waals surface area contributed by atoms with E-state index in [0.717, 1.165) is 29.5 Å². The van der Waals surface area contributed by atoms with Crippen molar-refractivity contribution in [3.63, 3.8) is 0 Å². The van der Waals surface area contributed by atoms with Gasteiger partial charge in [-0.2, -0.15) is 57.1 Å². The Labute approximate surface area is 133 Å². The van der Waals surface area contributed by atoms with Crippen LogP contribution in [0.15, 0.2) is 0 Å². The van der Waals surface area contributed by atoms with Gasteiger partial charge in [0.25, 0.3) is 0 Å². The molecular weight excluding hydrogens is 482 g/mol. The molecule has 140 valence electrons. The van der Waals surface area contributed by atoms with Crippen LogP contribution in [0.1, 0.15) is 13.3 Å². The largest absolute Gasteiger partial charge is 0.460 e. The van der Waals surface area contributed by atoms with E-state index in [1.54, 1.807) is 0 Å². The van der Waals surface area contributed by atoms with Crippen molar-refractivity contribution < 1.29 is 57.1 Å². The topological polar surface area (TPSA) is 0 Å². The Bertz CT molecular complexity index is 422. The minimum atomic E-state index is -7.82. The van der Waals surface area contributed by atoms with Crippen LogP contribution in [0.2, 0.25) is 0 Å². The predicted octanol–water partition coefficient (Wildman–Crippen LogP) is 5.94. The van der Waals surface area contributed by atoms with Crippen LogP contribution in [-0.4, -0.2) is 39.7 Å². The van der Waals surface area contributed by atoms with Crippen LogP contribution in [-0.2, 0) is 0 Å². The molecular formula is C9H6F13I. The van der Waals surface area contributed by atoms with Gasteiger partial charge in [-0.25, -0.2) is 0 Å². The summed E-state index contributed by atoms with van der Waals surface area (Å²) in [6.45, 7) is 0.769. The van der Waals surface area contributed by atoms with Crippen molar-refractivity contribution in [2.45, 2.75) is 53.1 Å². The minimum absolute atomic E-state index is 0.769. The van der Waals surface area contributed by atoms with Gasteiger partial charge in [-0.15, -0.1) is 0 Å². The van der Waals surface area contributed by atoms with Gasteiger partial charge >= 0.3 is 35.8 Å². The Morgan fingerprint density at radius 2 is 0.913 bits per heavy atom. The average molecular weight is 488 g/mol. The van der Waals surface area contributed by atoms with Crippen LogP contribution in [0, 0.1) is 0 Å². The molecule has 0 aromatic carbocycles. The van der Waals surface area contributed by atoms with Gasteiger partial charge in [0.1, 0.15) is 0 Å². The molecule has 23 heavy (non-hydrogen) atoms. The summed E-state index contributed by atoms with van der Waals surface area (Å²) in [5, 5.41) is 0. The predicted molar refractivity (Wildman–Crippen MR) is 58.9 cm³/mol. The molecule has 14 heteroatoms. The molecule has 0 aliphatic rings. The summed E-state index contributed by atoms with van der Waals surface area (Å²) >= 11 is 1.01. The lowest BCUT2D eigenvalue weighted by molar-refractivity contribution is -0.440. The van der Waals surface area contributed by atoms with Gasteiger partial charge in [-0.1, -0.05) is 29.5 Å². The molecule has 0 saturated carbocycles. The normalized spacial score (nSPS) is 17.3. The van der Waals surface area contributed by atoms with E-state index in [9.17, 15) is 57.1 Å². The third-order valence-corrected chi connectivity index (χ3v) is 2.98. The first kappa shape index (κ1) is 22.8. The quantitative estimate of drug-likeness (QED) is 0.247. The molecule has 0 rings (SSSR count). The monoisotopic (exact) mass is 488 g/mol. The van der Waals surface area contributed by atoms with Crippen molar-refractivity contribution in [1.29, 1.82) is 0 Å². The molecule has 0 aromatic heterocycles. The zero-order valence-electron chi connectivity index (χ0n) is 10.6. The Morgan fingerprint density at radius 1 is 0.609 bits per heavy atom. The molecule has 0 amide bonds. The van der Waals surface area contributed by atoms with Crippen molar-refractivity contribution in [3.05, 3.63) is 0 Å². The van der Waals surface area contributed by atoms with E-state index in [1.807, 2.05) is 0 Å². The lowest BCUT2D eigenvalue weighted by Gasteiger charge is -2.40. The average Bonchev–Trinajstić information content (AvgIpc) is 2.24. The fourth-order valence-corrected chi connectivity index (χ4v) is 1.84. The van der Waals surface area contributed by atoms with Gasteiger partial charge in [0, 0.05) is 10.3 Å². The SMILES string of the molecule is C[C@@H](I)CC(F)(F)C(F)(F)C(F)(F)C(F)(F)C(F)(F)C(F)(F)F. The maximum absolute atomic E-state index is 13.1. The van der Waals surface area contributed by atoms with Gasteiger partial charge in [0.2, 0.25) is 0 Å². The van der Waals surface area contributed by atoms with Gasteiger partial charge in [0.05, 0.1) is 0 Å². The second kappa shape index (κ2) is 5.97. The zero-order chi connectivity index (χ0) is 19.3. The van der Waals surface area contributed by atoms with Crippen LogP contribution in [0.4, 0.5) is 57.1 Å². The van der Waals surface area contributed by atoms with E-state index in [2.05, 4.69) is 0 Å². The van der Waals surface area contributed by atoms with Gasteiger partial charge < -0.3 is 0 Å². The molecule has 0 saturated heterocycles. The molecule has 1 atom stereocenters. The van der Waals surface area contributed by atoms with Gasteiger partial charge in [0.15, 0.2) is 0 Å². The molecule has 0 nitrogen and oxygen atoms in total. The third kappa shape index (κ3) is 3.45. The summed E-state index contributed by atoms with van der Waals surface area (Å²) in [5.41, 5.74) is 0. The zero-order valence-corrected chi connectivity index (χ0v) is 12.7. The molecule has 0 bridgehead atoms. The van der Waals surface area contributed by atoms with Crippen LogP contribution in [0.3, 0.4) is 0 Å². The maximum atomic E-state index is 13.1. The Hall–Kier alpha value is -0.180. The number of hydrogen-bond acceptors (Lipinski definition) is 0. The summed E-state index contributed by atoms with van der Waals surface area (Å²) in [6.07, 6.45) is -9.54. The molecule has 0 spiro atoms. The first-order chi connectivity index (χ1) is 9.67. The van der Waals surface area contributed by atoms with E-state index in [4.69, 9.17) is 0 Å². The fourth-order valence-electron chi connectivity index (χ4n) is 1.28. The second-order valence-electron chi connectivity index (χ2n) is 4.48. The summed E-state index contributed by atoms with van der Waals surface area (Å²) in [7, 11) is 0. The molecule has 0 heterocycles. The highest BCUT2D eigenvalue weighted by atomic mass is 127. The van der Waals surface area contributed by atoms with Gasteiger partial charge in [-0.3, -0.25) is 0 Å². The van der Waals surface area contributed by atoms with Crippen molar-refractivity contribution in [2.75, 3.05) is 0 Å². The van der Waals surface area contributed by atoms with Crippen LogP contribution in [0.25, 0.3) is 0 Å². The first-order valence-electron chi connectivity index (χ1n) is 5.26. The Morgan fingerprint density at radius 3 is 1.17 bits per heavy atom. The number of alkyl halides is 14. The number of halogens is 14. The van der Waals surface area contributed by atoms with Crippen molar-refractivity contribution in [3.8, 4) is 0 Å². The van der Waals surface area contributed by atoms with Crippen molar-refractivity contribution in [1.82, 2.24) is 0 Å². The number of hydrogen-bond donors (Lipinski definition) is 0. The molecule has 0 fully saturated rings. The third-order valence-electron chi connectivity index (χ3n) is 2.54. The van der Waals surface area contributed by atoms with Crippen LogP contribution >= 0.6 is 22.6 Å². The summed E-state index contributed by atoms with van der Waals surface area (Å²) in [6, 6.07) is 0. The molecule has 0 aliphatic heterocycles. The first-order valence-corrected chi connectivity index (χ1v) is 6.51. The van der Waals surface area contributed by atoms with Crippen LogP contribution < -0.4 is 0 Å². The van der Waals surface area contributed by atoms with Crippen molar-refractivity contribution in [2.24, 2.45) is 0 Å². The Kier molecular flexibility index (Phi) is 5.92. The van der Waals surface area contributed by atoms with Gasteiger partial charge in [-0.05, 0) is 0 Å². The summed E-state index contributed by atoms with van der Waals surface area (Å²) < 4.78 is 163. The molecule has 0 radical (unpaired) electrons. The van der Waals surface area contributed by atoms with E-state index in [0.29, 0.717) is 0 Å². The molecule has 0 unspecified atom stereocenters. The van der Waals surface area contributed by atoms with E-state index in [1.165, 1.54) is 0 Å². The Balaban J connectivity index is 6.14. The lowest BCUT2D eigenvalue weighted by atomic mass is 9.92. The van der Waals surface area contributed by atoms with Crippen molar-refractivity contribution >= 4 is 22.6 Å². The highest BCUT2D eigenvalue weighted by Gasteiger charge is 2.90. The standard InChI is InChI=1S/C9H6F13I/c1-3(23)2-4(10,11)5(12,13)6(14,15)7(16,17)8(18,19)9(20,21)22/h3H,2H2,1H3/t3-/m1/s1. The highest BCUT2D eigenvalue weighted by molar-refractivity contribution is 14.1. The molecule has 0 aromatic rings. The smallest absolute Gasteiger partial charge is 0.200 e. The maximum Gasteiger partial charge on any atom is 0.460 e. The molecule has 0 aliphatic carbocycles. The second-order valence-corrected chi connectivity index (χ2v) is 6.61. The fraction of sp³-hybridized carbons (Fsp3) is 1.00. The van der Waals surface area contributed by atoms with E-state index >= 15 is 0 Å². The van der Waals surface area contributed by atoms with E-state index in [-0.39, 0.29) is 0 Å².